The third-order valence-electron chi connectivity index (χ3n) is 8.52. The maximum Gasteiger partial charge on any atom is 0.253 e. The van der Waals surface area contributed by atoms with Crippen molar-refractivity contribution in [2.24, 2.45) is 5.92 Å². The molecule has 5 rings (SSSR count). The minimum Gasteiger partial charge on any atom is -0.489 e. The van der Waals surface area contributed by atoms with Crippen LogP contribution in [0, 0.1) is 5.92 Å². The number of alkyl halides is 2. The molecule has 222 valence electrons. The standard InChI is InChI=1S/C35H40F2N2O3/c36-33(37)23-39-21-18-30-22-31(42-25-27-10-2-1-3-11-27)16-17-32(30)34(39)28-12-14-29(15-13-28)35(41)38-19-6-4-8-26(24-40)9-5-7-20-38/h1-3,10-17,22,24,26,33-34H,4-9,18-21,23,25H2/t34-/m1/s1. The maximum absolute atomic E-state index is 13.6. The van der Waals surface area contributed by atoms with Gasteiger partial charge in [-0.05, 0) is 78.6 Å². The Morgan fingerprint density at radius 3 is 2.29 bits per heavy atom. The van der Waals surface area contributed by atoms with Gasteiger partial charge in [0.1, 0.15) is 18.6 Å². The number of benzene rings is 3. The van der Waals surface area contributed by atoms with Gasteiger partial charge in [0.2, 0.25) is 0 Å². The van der Waals surface area contributed by atoms with Crippen molar-refractivity contribution in [3.8, 4) is 5.75 Å². The van der Waals surface area contributed by atoms with Gasteiger partial charge in [0.05, 0.1) is 12.6 Å². The molecule has 1 fully saturated rings. The Hall–Kier alpha value is -3.58. The fourth-order valence-electron chi connectivity index (χ4n) is 6.25. The lowest BCUT2D eigenvalue weighted by Crippen LogP contribution is -2.39. The summed E-state index contributed by atoms with van der Waals surface area (Å²) in [6, 6.07) is 23.1. The van der Waals surface area contributed by atoms with E-state index in [1.165, 1.54) is 0 Å². The summed E-state index contributed by atoms with van der Waals surface area (Å²) in [5.41, 5.74) is 4.69. The van der Waals surface area contributed by atoms with Gasteiger partial charge in [0, 0.05) is 31.1 Å². The summed E-state index contributed by atoms with van der Waals surface area (Å²) in [5.74, 6) is 0.909. The quantitative estimate of drug-likeness (QED) is 0.270. The molecule has 7 heteroatoms. The van der Waals surface area contributed by atoms with Crippen molar-refractivity contribution in [2.45, 2.75) is 64.0 Å². The van der Waals surface area contributed by atoms with E-state index in [-0.39, 0.29) is 24.4 Å². The van der Waals surface area contributed by atoms with Crippen molar-refractivity contribution in [2.75, 3.05) is 26.2 Å². The number of carbonyl (C=O) groups excluding carboxylic acids is 2. The molecule has 0 N–H and O–H groups in total. The zero-order valence-electron chi connectivity index (χ0n) is 24.1. The van der Waals surface area contributed by atoms with Crippen molar-refractivity contribution in [1.82, 2.24) is 9.80 Å². The first-order valence-electron chi connectivity index (χ1n) is 15.2. The topological polar surface area (TPSA) is 49.9 Å². The molecule has 5 nitrogen and oxygen atoms in total. The molecule has 0 aromatic heterocycles. The van der Waals surface area contributed by atoms with Crippen molar-refractivity contribution < 1.29 is 23.1 Å². The summed E-state index contributed by atoms with van der Waals surface area (Å²) in [6.07, 6.45) is 4.72. The molecule has 0 saturated carbocycles. The fourth-order valence-corrected chi connectivity index (χ4v) is 6.25. The van der Waals surface area contributed by atoms with E-state index < -0.39 is 6.43 Å². The van der Waals surface area contributed by atoms with Crippen LogP contribution in [-0.2, 0) is 17.8 Å². The van der Waals surface area contributed by atoms with E-state index in [0.29, 0.717) is 38.2 Å². The molecule has 0 unspecified atom stereocenters. The van der Waals surface area contributed by atoms with E-state index in [9.17, 15) is 18.4 Å². The fraction of sp³-hybridized carbons (Fsp3) is 0.429. The largest absolute Gasteiger partial charge is 0.489 e. The lowest BCUT2D eigenvalue weighted by molar-refractivity contribution is -0.111. The Bertz CT molecular complexity index is 1300. The van der Waals surface area contributed by atoms with E-state index in [2.05, 4.69) is 0 Å². The number of fused-ring (bicyclic) bond motifs is 1. The van der Waals surface area contributed by atoms with Gasteiger partial charge < -0.3 is 14.4 Å². The highest BCUT2D eigenvalue weighted by molar-refractivity contribution is 5.94. The molecule has 42 heavy (non-hydrogen) atoms. The van der Waals surface area contributed by atoms with E-state index in [0.717, 1.165) is 72.8 Å². The number of aldehydes is 1. The average Bonchev–Trinajstić information content (AvgIpc) is 3.02. The van der Waals surface area contributed by atoms with Crippen LogP contribution < -0.4 is 4.74 Å². The summed E-state index contributed by atoms with van der Waals surface area (Å²) in [6.45, 7) is 2.03. The van der Waals surface area contributed by atoms with Gasteiger partial charge >= 0.3 is 0 Å². The van der Waals surface area contributed by atoms with Crippen LogP contribution in [0.15, 0.2) is 72.8 Å². The smallest absolute Gasteiger partial charge is 0.253 e. The number of amides is 1. The van der Waals surface area contributed by atoms with Crippen LogP contribution in [0.25, 0.3) is 0 Å². The van der Waals surface area contributed by atoms with Crippen LogP contribution in [0.3, 0.4) is 0 Å². The van der Waals surface area contributed by atoms with Gasteiger partial charge in [0.25, 0.3) is 12.3 Å². The molecule has 2 aliphatic heterocycles. The molecule has 0 bridgehead atoms. The molecule has 0 radical (unpaired) electrons. The van der Waals surface area contributed by atoms with Gasteiger partial charge in [-0.2, -0.15) is 0 Å². The molecule has 1 atom stereocenters. The predicted octanol–water partition coefficient (Wildman–Crippen LogP) is 7.09. The number of ether oxygens (including phenoxy) is 1. The average molecular weight is 575 g/mol. The second kappa shape index (κ2) is 14.5. The summed E-state index contributed by atoms with van der Waals surface area (Å²) >= 11 is 0. The number of hydrogen-bond acceptors (Lipinski definition) is 4. The zero-order chi connectivity index (χ0) is 29.3. The van der Waals surface area contributed by atoms with Gasteiger partial charge in [-0.15, -0.1) is 0 Å². The van der Waals surface area contributed by atoms with Crippen LogP contribution >= 0.6 is 0 Å². The number of nitrogens with zero attached hydrogens (tertiary/aromatic N) is 2. The highest BCUT2D eigenvalue weighted by Crippen LogP contribution is 2.37. The van der Waals surface area contributed by atoms with E-state index in [4.69, 9.17) is 4.74 Å². The first kappa shape index (κ1) is 29.9. The lowest BCUT2D eigenvalue weighted by Gasteiger charge is -2.37. The molecular formula is C35H40F2N2O3. The van der Waals surface area contributed by atoms with Crippen molar-refractivity contribution in [3.63, 3.8) is 0 Å². The Morgan fingerprint density at radius 2 is 1.62 bits per heavy atom. The normalized spacial score (nSPS) is 18.8. The van der Waals surface area contributed by atoms with Crippen LogP contribution in [-0.4, -0.2) is 54.6 Å². The summed E-state index contributed by atoms with van der Waals surface area (Å²) in [5, 5.41) is 0. The van der Waals surface area contributed by atoms with Crippen LogP contribution in [0.5, 0.6) is 5.75 Å². The summed E-state index contributed by atoms with van der Waals surface area (Å²) < 4.78 is 33.3. The highest BCUT2D eigenvalue weighted by atomic mass is 19.3. The van der Waals surface area contributed by atoms with E-state index in [1.807, 2.05) is 82.6 Å². The SMILES string of the molecule is O=CC1CCCCN(C(=O)c2ccc([C@@H]3c4ccc(OCc5ccccc5)cc4CCN3CC(F)F)cc2)CCCC1. The van der Waals surface area contributed by atoms with Crippen molar-refractivity contribution in [3.05, 3.63) is 101 Å². The molecule has 0 spiro atoms. The van der Waals surface area contributed by atoms with Crippen molar-refractivity contribution >= 4 is 12.2 Å². The number of rotatable bonds is 8. The van der Waals surface area contributed by atoms with E-state index >= 15 is 0 Å². The molecule has 1 amide bonds. The van der Waals surface area contributed by atoms with Crippen LogP contribution in [0.4, 0.5) is 8.78 Å². The number of halogens is 2. The molecule has 2 heterocycles. The molecule has 2 aliphatic rings. The molecule has 3 aromatic rings. The summed E-state index contributed by atoms with van der Waals surface area (Å²) in [4.78, 5) is 28.4. The first-order valence-corrected chi connectivity index (χ1v) is 15.2. The molecule has 3 aromatic carbocycles. The second-order valence-electron chi connectivity index (χ2n) is 11.5. The Morgan fingerprint density at radius 1 is 0.905 bits per heavy atom. The van der Waals surface area contributed by atoms with Gasteiger partial charge in [-0.1, -0.05) is 61.4 Å². The zero-order valence-corrected chi connectivity index (χ0v) is 24.1. The third kappa shape index (κ3) is 7.62. The molecular weight excluding hydrogens is 534 g/mol. The highest BCUT2D eigenvalue weighted by Gasteiger charge is 2.31. The third-order valence-corrected chi connectivity index (χ3v) is 8.52. The minimum absolute atomic E-state index is 0.00254. The Labute approximate surface area is 247 Å². The van der Waals surface area contributed by atoms with Crippen molar-refractivity contribution in [1.29, 1.82) is 0 Å². The van der Waals surface area contributed by atoms with Gasteiger partial charge in [-0.25, -0.2) is 8.78 Å². The molecule has 1 saturated heterocycles. The predicted molar refractivity (Wildman–Crippen MR) is 160 cm³/mol. The lowest BCUT2D eigenvalue weighted by atomic mass is 9.87. The Balaban J connectivity index is 1.32. The van der Waals surface area contributed by atoms with E-state index in [1.54, 1.807) is 0 Å². The first-order chi connectivity index (χ1) is 20.5. The minimum atomic E-state index is -2.44. The molecule has 0 aliphatic carbocycles. The van der Waals surface area contributed by atoms with Gasteiger partial charge in [0.15, 0.2) is 0 Å². The Kier molecular flexibility index (Phi) is 10.4. The monoisotopic (exact) mass is 574 g/mol. The summed E-state index contributed by atoms with van der Waals surface area (Å²) in [7, 11) is 0. The number of carbonyl (C=O) groups is 2. The van der Waals surface area contributed by atoms with Gasteiger partial charge in [-0.3, -0.25) is 9.69 Å². The van der Waals surface area contributed by atoms with Crippen LogP contribution in [0.2, 0.25) is 0 Å². The second-order valence-corrected chi connectivity index (χ2v) is 11.5. The maximum atomic E-state index is 13.6. The number of hydrogen-bond donors (Lipinski definition) is 0. The van der Waals surface area contributed by atoms with Crippen LogP contribution in [0.1, 0.15) is 77.2 Å².